The number of para-hydroxylation sites is 1. The van der Waals surface area contributed by atoms with Crippen molar-refractivity contribution in [2.75, 3.05) is 20.8 Å². The fourth-order valence-corrected chi connectivity index (χ4v) is 4.29. The van der Waals surface area contributed by atoms with E-state index in [1.165, 1.54) is 0 Å². The lowest BCUT2D eigenvalue weighted by molar-refractivity contribution is -0.164. The molecule has 2 atom stereocenters. The van der Waals surface area contributed by atoms with E-state index in [1.54, 1.807) is 14.2 Å². The summed E-state index contributed by atoms with van der Waals surface area (Å²) >= 11 is 6.51. The van der Waals surface area contributed by atoms with Crippen molar-refractivity contribution in [2.24, 2.45) is 0 Å². The minimum absolute atomic E-state index is 0.0429. The molecule has 1 aliphatic heterocycles. The topological polar surface area (TPSA) is 48.0 Å². The predicted molar refractivity (Wildman–Crippen MR) is 125 cm³/mol. The van der Waals surface area contributed by atoms with Gasteiger partial charge in [-0.25, -0.2) is 0 Å². The molecule has 0 saturated carbocycles. The second kappa shape index (κ2) is 9.53. The molecule has 6 heteroatoms. The Hall–Kier alpha value is -3.18. The van der Waals surface area contributed by atoms with Crippen LogP contribution in [0.1, 0.15) is 22.7 Å². The standard InChI is InChI=1S/C26H26ClNO4/c1-17-8-4-7-11-21(17)32-25-24(19-9-5-6-10-20(19)27)28(26(25)29)15-14-18-12-13-22(30-2)23(16-18)31-3/h4-13,16,24-25H,14-15H2,1-3H3/t24-,25+/m1/s1. The van der Waals surface area contributed by atoms with Gasteiger partial charge in [0.15, 0.2) is 11.5 Å². The Morgan fingerprint density at radius 2 is 1.62 bits per heavy atom. The van der Waals surface area contributed by atoms with Crippen LogP contribution in [0.4, 0.5) is 0 Å². The number of aryl methyl sites for hydroxylation is 1. The van der Waals surface area contributed by atoms with Crippen LogP contribution >= 0.6 is 11.6 Å². The number of rotatable bonds is 8. The lowest BCUT2D eigenvalue weighted by Crippen LogP contribution is -2.61. The van der Waals surface area contributed by atoms with E-state index in [2.05, 4.69) is 0 Å². The zero-order chi connectivity index (χ0) is 22.7. The fourth-order valence-electron chi connectivity index (χ4n) is 4.04. The molecule has 1 saturated heterocycles. The maximum Gasteiger partial charge on any atom is 0.266 e. The van der Waals surface area contributed by atoms with Crippen molar-refractivity contribution in [1.29, 1.82) is 0 Å². The third kappa shape index (κ3) is 4.26. The van der Waals surface area contributed by atoms with E-state index in [4.69, 9.17) is 25.8 Å². The molecular weight excluding hydrogens is 426 g/mol. The monoisotopic (exact) mass is 451 g/mol. The van der Waals surface area contributed by atoms with E-state index in [1.807, 2.05) is 78.6 Å². The van der Waals surface area contributed by atoms with E-state index in [-0.39, 0.29) is 11.9 Å². The van der Waals surface area contributed by atoms with Gasteiger partial charge >= 0.3 is 0 Å². The Morgan fingerprint density at radius 1 is 0.906 bits per heavy atom. The first-order chi connectivity index (χ1) is 15.5. The van der Waals surface area contributed by atoms with E-state index in [9.17, 15) is 4.79 Å². The second-order valence-electron chi connectivity index (χ2n) is 7.74. The van der Waals surface area contributed by atoms with Gasteiger partial charge in [-0.3, -0.25) is 4.79 Å². The van der Waals surface area contributed by atoms with Crippen LogP contribution in [0.3, 0.4) is 0 Å². The number of hydrogen-bond acceptors (Lipinski definition) is 4. The highest BCUT2D eigenvalue weighted by Crippen LogP contribution is 2.41. The Labute approximate surface area is 193 Å². The molecule has 0 aliphatic carbocycles. The molecule has 0 bridgehead atoms. The summed E-state index contributed by atoms with van der Waals surface area (Å²) in [6, 6.07) is 20.9. The fraction of sp³-hybridized carbons (Fsp3) is 0.269. The number of benzene rings is 3. The van der Waals surface area contributed by atoms with E-state index in [0.29, 0.717) is 35.2 Å². The van der Waals surface area contributed by atoms with Crippen LogP contribution in [-0.2, 0) is 11.2 Å². The molecule has 4 rings (SSSR count). The molecule has 0 unspecified atom stereocenters. The average Bonchev–Trinajstić information content (AvgIpc) is 2.81. The van der Waals surface area contributed by atoms with Crippen molar-refractivity contribution >= 4 is 17.5 Å². The normalized spacial score (nSPS) is 17.6. The van der Waals surface area contributed by atoms with Crippen molar-refractivity contribution in [2.45, 2.75) is 25.5 Å². The number of carbonyl (C=O) groups is 1. The van der Waals surface area contributed by atoms with Gasteiger partial charge in [0.25, 0.3) is 5.91 Å². The molecule has 1 amide bonds. The van der Waals surface area contributed by atoms with Crippen LogP contribution < -0.4 is 14.2 Å². The molecule has 1 heterocycles. The van der Waals surface area contributed by atoms with Gasteiger partial charge in [0.05, 0.1) is 14.2 Å². The quantitative estimate of drug-likeness (QED) is 0.439. The summed E-state index contributed by atoms with van der Waals surface area (Å²) in [5, 5.41) is 0.625. The van der Waals surface area contributed by atoms with Gasteiger partial charge in [-0.05, 0) is 54.3 Å². The highest BCUT2D eigenvalue weighted by Gasteiger charge is 2.50. The van der Waals surface area contributed by atoms with Crippen LogP contribution in [0.15, 0.2) is 66.7 Å². The summed E-state index contributed by atoms with van der Waals surface area (Å²) in [7, 11) is 3.22. The molecule has 166 valence electrons. The molecule has 1 fully saturated rings. The molecule has 32 heavy (non-hydrogen) atoms. The van der Waals surface area contributed by atoms with Crippen LogP contribution in [0.25, 0.3) is 0 Å². The maximum absolute atomic E-state index is 13.1. The van der Waals surface area contributed by atoms with Crippen molar-refractivity contribution in [1.82, 2.24) is 4.90 Å². The number of β-lactam (4-membered cyclic amide) rings is 1. The first-order valence-electron chi connectivity index (χ1n) is 10.5. The first-order valence-corrected chi connectivity index (χ1v) is 10.9. The number of nitrogens with zero attached hydrogens (tertiary/aromatic N) is 1. The number of amides is 1. The van der Waals surface area contributed by atoms with Gasteiger partial charge in [-0.2, -0.15) is 0 Å². The van der Waals surface area contributed by atoms with Crippen molar-refractivity contribution in [3.8, 4) is 17.2 Å². The Kier molecular flexibility index (Phi) is 6.56. The number of hydrogen-bond donors (Lipinski definition) is 0. The van der Waals surface area contributed by atoms with Crippen LogP contribution in [0, 0.1) is 6.92 Å². The van der Waals surface area contributed by atoms with Gasteiger partial charge in [0.1, 0.15) is 11.8 Å². The summed E-state index contributed by atoms with van der Waals surface area (Å²) in [4.78, 5) is 15.0. The number of ether oxygens (including phenoxy) is 3. The Morgan fingerprint density at radius 3 is 2.34 bits per heavy atom. The zero-order valence-corrected chi connectivity index (χ0v) is 19.1. The molecule has 0 aromatic heterocycles. The molecule has 3 aromatic carbocycles. The lowest BCUT2D eigenvalue weighted by atomic mass is 9.89. The maximum atomic E-state index is 13.1. The average molecular weight is 452 g/mol. The number of likely N-dealkylation sites (tertiary alicyclic amines) is 1. The smallest absolute Gasteiger partial charge is 0.266 e. The highest BCUT2D eigenvalue weighted by molar-refractivity contribution is 6.31. The second-order valence-corrected chi connectivity index (χ2v) is 8.15. The zero-order valence-electron chi connectivity index (χ0n) is 18.4. The number of halogens is 1. The summed E-state index contributed by atoms with van der Waals surface area (Å²) < 4.78 is 16.9. The van der Waals surface area contributed by atoms with E-state index in [0.717, 1.165) is 16.7 Å². The molecule has 1 aliphatic rings. The lowest BCUT2D eigenvalue weighted by Gasteiger charge is -2.47. The van der Waals surface area contributed by atoms with E-state index >= 15 is 0 Å². The summed E-state index contributed by atoms with van der Waals surface area (Å²) in [6.07, 6.45) is 0.0610. The number of carbonyl (C=O) groups excluding carboxylic acids is 1. The van der Waals surface area contributed by atoms with Gasteiger partial charge in [-0.1, -0.05) is 54.1 Å². The summed E-state index contributed by atoms with van der Waals surface area (Å²) in [5.41, 5.74) is 2.93. The minimum Gasteiger partial charge on any atom is -0.493 e. The molecule has 0 N–H and O–H groups in total. The SMILES string of the molecule is COc1ccc(CCN2C(=O)[C@@H](Oc3ccccc3C)[C@H]2c2ccccc2Cl)cc1OC. The van der Waals surface area contributed by atoms with Crippen LogP contribution in [-0.4, -0.2) is 37.7 Å². The largest absolute Gasteiger partial charge is 0.493 e. The Bertz CT molecular complexity index is 1120. The van der Waals surface area contributed by atoms with Crippen LogP contribution in [0.2, 0.25) is 5.02 Å². The van der Waals surface area contributed by atoms with Crippen LogP contribution in [0.5, 0.6) is 17.2 Å². The summed E-state index contributed by atoms with van der Waals surface area (Å²) in [6.45, 7) is 2.51. The van der Waals surface area contributed by atoms with Gasteiger partial charge in [-0.15, -0.1) is 0 Å². The van der Waals surface area contributed by atoms with Crippen molar-refractivity contribution in [3.63, 3.8) is 0 Å². The Balaban J connectivity index is 1.56. The third-order valence-corrected chi connectivity index (χ3v) is 6.15. The van der Waals surface area contributed by atoms with Gasteiger partial charge in [0, 0.05) is 11.6 Å². The van der Waals surface area contributed by atoms with Crippen molar-refractivity contribution in [3.05, 3.63) is 88.4 Å². The minimum atomic E-state index is -0.610. The molecular formula is C26H26ClNO4. The molecule has 0 spiro atoms. The summed E-state index contributed by atoms with van der Waals surface area (Å²) in [5.74, 6) is 2.02. The predicted octanol–water partition coefficient (Wildman–Crippen LogP) is 5.24. The number of methoxy groups -OCH3 is 2. The molecule has 5 nitrogen and oxygen atoms in total. The molecule has 0 radical (unpaired) electrons. The van der Waals surface area contributed by atoms with Gasteiger partial charge in [0.2, 0.25) is 6.10 Å². The van der Waals surface area contributed by atoms with Gasteiger partial charge < -0.3 is 19.1 Å². The van der Waals surface area contributed by atoms with Crippen molar-refractivity contribution < 1.29 is 19.0 Å². The highest BCUT2D eigenvalue weighted by atomic mass is 35.5. The first kappa shape index (κ1) is 22.0. The van der Waals surface area contributed by atoms with E-state index < -0.39 is 6.10 Å². The third-order valence-electron chi connectivity index (χ3n) is 5.81. The molecule has 3 aromatic rings.